The lowest BCUT2D eigenvalue weighted by atomic mass is 10.1. The predicted octanol–water partition coefficient (Wildman–Crippen LogP) is 2.42. The van der Waals surface area contributed by atoms with Crippen LogP contribution < -0.4 is 10.6 Å². The van der Waals surface area contributed by atoms with Crippen molar-refractivity contribution in [2.24, 2.45) is 5.92 Å². The summed E-state index contributed by atoms with van der Waals surface area (Å²) in [6.45, 7) is 3.63. The van der Waals surface area contributed by atoms with E-state index in [2.05, 4.69) is 35.6 Å². The van der Waals surface area contributed by atoms with Crippen LogP contribution >= 0.6 is 11.3 Å². The molecule has 1 saturated carbocycles. The molecule has 0 saturated heterocycles. The van der Waals surface area contributed by atoms with Gasteiger partial charge in [0.05, 0.1) is 28.6 Å². The maximum Gasteiger partial charge on any atom is 0.229 e. The van der Waals surface area contributed by atoms with Gasteiger partial charge in [-0.15, -0.1) is 11.3 Å². The minimum Gasteiger partial charge on any atom is -0.396 e. The van der Waals surface area contributed by atoms with Gasteiger partial charge in [-0.05, 0) is 38.5 Å². The highest BCUT2D eigenvalue weighted by Gasteiger charge is 2.41. The molecule has 10 nitrogen and oxygen atoms in total. The maximum atomic E-state index is 10.6. The van der Waals surface area contributed by atoms with Gasteiger partial charge in [0.25, 0.3) is 0 Å². The smallest absolute Gasteiger partial charge is 0.229 e. The summed E-state index contributed by atoms with van der Waals surface area (Å²) in [5.41, 5.74) is 4.00. The van der Waals surface area contributed by atoms with Crippen molar-refractivity contribution in [3.8, 4) is 10.6 Å². The first kappa shape index (κ1) is 22.5. The normalized spacial score (nSPS) is 22.3. The molecular weight excluding hydrogens is 454 g/mol. The second-order valence-electron chi connectivity index (χ2n) is 8.49. The number of aliphatic hydroxyl groups excluding tert-OH is 3. The number of hydrogen-bond acceptors (Lipinski definition) is 11. The highest BCUT2D eigenvalue weighted by molar-refractivity contribution is 7.21. The summed E-state index contributed by atoms with van der Waals surface area (Å²) in [5, 5.41) is 37.6. The second-order valence-corrected chi connectivity index (χ2v) is 9.52. The molecule has 0 radical (unpaired) electrons. The Kier molecular flexibility index (Phi) is 6.09. The van der Waals surface area contributed by atoms with Crippen molar-refractivity contribution in [2.45, 2.75) is 38.5 Å². The Morgan fingerprint density at radius 1 is 1.06 bits per heavy atom. The summed E-state index contributed by atoms with van der Waals surface area (Å²) in [6.07, 6.45) is 3.46. The largest absolute Gasteiger partial charge is 0.396 e. The van der Waals surface area contributed by atoms with Gasteiger partial charge in [0, 0.05) is 42.0 Å². The molecule has 11 heteroatoms. The number of anilines is 3. The molecule has 1 fully saturated rings. The molecule has 0 spiro atoms. The van der Waals surface area contributed by atoms with E-state index in [1.54, 1.807) is 18.6 Å². The van der Waals surface area contributed by atoms with Gasteiger partial charge in [0.1, 0.15) is 22.4 Å². The summed E-state index contributed by atoms with van der Waals surface area (Å²) >= 11 is 1.49. The van der Waals surface area contributed by atoms with Gasteiger partial charge in [0.2, 0.25) is 5.95 Å². The van der Waals surface area contributed by atoms with Crippen LogP contribution in [0.5, 0.6) is 0 Å². The third-order valence-electron chi connectivity index (χ3n) is 5.91. The molecular formula is C23H25N7O3S. The Hall–Kier alpha value is -3.25. The zero-order valence-corrected chi connectivity index (χ0v) is 19.5. The van der Waals surface area contributed by atoms with E-state index in [1.807, 2.05) is 32.0 Å². The fraction of sp³-hybridized carbons (Fsp3) is 0.348. The quantitative estimate of drug-likeness (QED) is 0.279. The molecule has 5 rings (SSSR count). The van der Waals surface area contributed by atoms with Crippen LogP contribution in [-0.4, -0.2) is 65.1 Å². The number of nitrogens with zero attached hydrogens (tertiary/aromatic N) is 5. The number of aliphatic hydroxyl groups is 3. The number of hydrogen-bond donors (Lipinski definition) is 5. The third-order valence-corrected chi connectivity index (χ3v) is 6.97. The van der Waals surface area contributed by atoms with Gasteiger partial charge in [-0.3, -0.25) is 9.97 Å². The van der Waals surface area contributed by atoms with E-state index in [0.717, 1.165) is 27.3 Å². The van der Waals surface area contributed by atoms with E-state index in [4.69, 9.17) is 0 Å². The Morgan fingerprint density at radius 3 is 2.56 bits per heavy atom. The second kappa shape index (κ2) is 9.18. The number of thiazole rings is 1. The molecule has 34 heavy (non-hydrogen) atoms. The molecule has 4 atom stereocenters. The average molecular weight is 480 g/mol. The first-order valence-corrected chi connectivity index (χ1v) is 11.8. The van der Waals surface area contributed by atoms with Crippen LogP contribution in [0.25, 0.3) is 20.8 Å². The fourth-order valence-electron chi connectivity index (χ4n) is 4.26. The summed E-state index contributed by atoms with van der Waals surface area (Å²) < 4.78 is 0.984. The fourth-order valence-corrected chi connectivity index (χ4v) is 5.21. The maximum absolute atomic E-state index is 10.6. The van der Waals surface area contributed by atoms with Crippen molar-refractivity contribution < 1.29 is 15.3 Å². The van der Waals surface area contributed by atoms with Crippen LogP contribution in [0.15, 0.2) is 36.8 Å². The van der Waals surface area contributed by atoms with E-state index in [1.165, 1.54) is 11.3 Å². The zero-order valence-electron chi connectivity index (χ0n) is 18.7. The number of aryl methyl sites for hydroxylation is 2. The molecule has 4 aromatic rings. The van der Waals surface area contributed by atoms with Crippen LogP contribution in [0.3, 0.4) is 0 Å². The first-order chi connectivity index (χ1) is 16.4. The molecule has 5 N–H and O–H groups in total. The molecule has 0 amide bonds. The van der Waals surface area contributed by atoms with Crippen LogP contribution in [-0.2, 0) is 0 Å². The zero-order chi connectivity index (χ0) is 23.8. The van der Waals surface area contributed by atoms with Gasteiger partial charge >= 0.3 is 0 Å². The van der Waals surface area contributed by atoms with E-state index in [9.17, 15) is 15.3 Å². The van der Waals surface area contributed by atoms with Crippen LogP contribution in [0.2, 0.25) is 0 Å². The van der Waals surface area contributed by atoms with E-state index < -0.39 is 24.2 Å². The SMILES string of the molecule is Cc1cc(Nc2ncc(-c3nc4cnccc4s3)c(N[C@@H]3C[C@H](CO)[C@@H](O)[C@H]3O)n2)cc(C)n1. The van der Waals surface area contributed by atoms with Crippen molar-refractivity contribution in [3.63, 3.8) is 0 Å². The number of nitrogens with one attached hydrogen (secondary N) is 2. The van der Waals surface area contributed by atoms with E-state index >= 15 is 0 Å². The lowest BCUT2D eigenvalue weighted by molar-refractivity contribution is 0.00446. The third kappa shape index (κ3) is 4.42. The highest BCUT2D eigenvalue weighted by Crippen LogP contribution is 2.36. The molecule has 0 bridgehead atoms. The van der Waals surface area contributed by atoms with Crippen molar-refractivity contribution in [3.05, 3.63) is 48.2 Å². The van der Waals surface area contributed by atoms with Gasteiger partial charge in [-0.2, -0.15) is 4.98 Å². The number of fused-ring (bicyclic) bond motifs is 1. The van der Waals surface area contributed by atoms with Crippen LogP contribution in [0, 0.1) is 19.8 Å². The van der Waals surface area contributed by atoms with Crippen LogP contribution in [0.1, 0.15) is 17.8 Å². The van der Waals surface area contributed by atoms with Crippen molar-refractivity contribution in [1.29, 1.82) is 0 Å². The van der Waals surface area contributed by atoms with Gasteiger partial charge in [0.15, 0.2) is 0 Å². The summed E-state index contributed by atoms with van der Waals surface area (Å²) in [5.74, 6) is 0.430. The Morgan fingerprint density at radius 2 is 1.85 bits per heavy atom. The van der Waals surface area contributed by atoms with Crippen molar-refractivity contribution in [2.75, 3.05) is 17.2 Å². The lowest BCUT2D eigenvalue weighted by Crippen LogP contribution is -2.35. The van der Waals surface area contributed by atoms with Gasteiger partial charge in [-0.25, -0.2) is 9.97 Å². The Labute approximate surface area is 199 Å². The van der Waals surface area contributed by atoms with Crippen molar-refractivity contribution >= 4 is 39.0 Å². The van der Waals surface area contributed by atoms with Gasteiger partial charge in [-0.1, -0.05) is 0 Å². The molecule has 1 aliphatic carbocycles. The summed E-state index contributed by atoms with van der Waals surface area (Å²) in [4.78, 5) is 22.4. The monoisotopic (exact) mass is 479 g/mol. The summed E-state index contributed by atoms with van der Waals surface area (Å²) in [6, 6.07) is 5.22. The van der Waals surface area contributed by atoms with Gasteiger partial charge < -0.3 is 26.0 Å². The number of aromatic nitrogens is 5. The van der Waals surface area contributed by atoms with Crippen molar-refractivity contribution in [1.82, 2.24) is 24.9 Å². The van der Waals surface area contributed by atoms with E-state index in [0.29, 0.717) is 28.8 Å². The minimum atomic E-state index is -1.04. The minimum absolute atomic E-state index is 0.203. The molecule has 0 unspecified atom stereocenters. The molecule has 1 aliphatic rings. The Balaban J connectivity index is 1.52. The highest BCUT2D eigenvalue weighted by atomic mass is 32.1. The Bertz CT molecular complexity index is 1280. The number of rotatable bonds is 6. The average Bonchev–Trinajstić information content (AvgIpc) is 3.35. The predicted molar refractivity (Wildman–Crippen MR) is 130 cm³/mol. The molecule has 4 heterocycles. The number of pyridine rings is 2. The lowest BCUT2D eigenvalue weighted by Gasteiger charge is -2.20. The molecule has 176 valence electrons. The molecule has 0 aromatic carbocycles. The first-order valence-electron chi connectivity index (χ1n) is 10.9. The van der Waals surface area contributed by atoms with E-state index in [-0.39, 0.29) is 6.61 Å². The van der Waals surface area contributed by atoms with Crippen LogP contribution in [0.4, 0.5) is 17.5 Å². The molecule has 0 aliphatic heterocycles. The molecule has 4 aromatic heterocycles. The standard InChI is InChI=1S/C23H25N7O3S/c1-11-5-14(6-12(2)26-11)27-23-25-8-15(22-29-17-9-24-4-3-18(17)34-22)21(30-23)28-16-7-13(10-31)19(32)20(16)33/h3-6,8-9,13,16,19-20,31-33H,7,10H2,1-2H3,(H2,25,26,27,28,30)/t13-,16-,19-,20+/m1/s1. The topological polar surface area (TPSA) is 149 Å². The summed E-state index contributed by atoms with van der Waals surface area (Å²) in [7, 11) is 0.